The molecule has 2 heterocycles. The summed E-state index contributed by atoms with van der Waals surface area (Å²) >= 11 is 0. The zero-order chi connectivity index (χ0) is 18.7. The van der Waals surface area contributed by atoms with E-state index in [-0.39, 0.29) is 24.0 Å². The number of hydrogen-bond acceptors (Lipinski definition) is 4. The SMILES string of the molecule is Cc1ccc(C)c(CN2CCOC3(CCN(CC(N)=O)CC3)CC2=O)c1. The first-order valence-corrected chi connectivity index (χ1v) is 9.35. The molecule has 0 unspecified atom stereocenters. The van der Waals surface area contributed by atoms with Gasteiger partial charge in [0.15, 0.2) is 0 Å². The Bertz CT molecular complexity index is 681. The Morgan fingerprint density at radius 2 is 1.96 bits per heavy atom. The lowest BCUT2D eigenvalue weighted by atomic mass is 9.87. The molecule has 2 aliphatic heterocycles. The van der Waals surface area contributed by atoms with Crippen LogP contribution in [0.15, 0.2) is 18.2 Å². The van der Waals surface area contributed by atoms with Crippen LogP contribution in [-0.4, -0.2) is 60.0 Å². The molecule has 3 rings (SSSR count). The number of likely N-dealkylation sites (tertiary alicyclic amines) is 1. The number of benzene rings is 1. The largest absolute Gasteiger partial charge is 0.373 e. The van der Waals surface area contributed by atoms with Gasteiger partial charge in [0.1, 0.15) is 0 Å². The first-order chi connectivity index (χ1) is 12.4. The molecule has 1 spiro atoms. The van der Waals surface area contributed by atoms with E-state index in [0.717, 1.165) is 25.9 Å². The lowest BCUT2D eigenvalue weighted by Crippen LogP contribution is -2.49. The summed E-state index contributed by atoms with van der Waals surface area (Å²) in [5, 5.41) is 0. The fraction of sp³-hybridized carbons (Fsp3) is 0.600. The highest BCUT2D eigenvalue weighted by Crippen LogP contribution is 2.32. The average Bonchev–Trinajstić information content (AvgIpc) is 2.72. The van der Waals surface area contributed by atoms with Gasteiger partial charge in [0.25, 0.3) is 0 Å². The Balaban J connectivity index is 1.64. The van der Waals surface area contributed by atoms with E-state index in [1.165, 1.54) is 16.7 Å². The molecular formula is C20H29N3O3. The number of aryl methyl sites for hydroxylation is 2. The molecule has 6 nitrogen and oxygen atoms in total. The Morgan fingerprint density at radius 3 is 2.65 bits per heavy atom. The number of primary amides is 1. The summed E-state index contributed by atoms with van der Waals surface area (Å²) in [5.74, 6) is -0.148. The van der Waals surface area contributed by atoms with Crippen molar-refractivity contribution in [1.82, 2.24) is 9.80 Å². The van der Waals surface area contributed by atoms with Crippen LogP contribution in [0.5, 0.6) is 0 Å². The van der Waals surface area contributed by atoms with Crippen LogP contribution in [0, 0.1) is 13.8 Å². The highest BCUT2D eigenvalue weighted by atomic mass is 16.5. The third-order valence-electron chi connectivity index (χ3n) is 5.61. The van der Waals surface area contributed by atoms with Crippen molar-refractivity contribution >= 4 is 11.8 Å². The van der Waals surface area contributed by atoms with Crippen LogP contribution in [0.4, 0.5) is 0 Å². The van der Waals surface area contributed by atoms with Crippen LogP contribution in [-0.2, 0) is 20.9 Å². The molecular weight excluding hydrogens is 330 g/mol. The van der Waals surface area contributed by atoms with Gasteiger partial charge in [-0.25, -0.2) is 0 Å². The van der Waals surface area contributed by atoms with Crippen molar-refractivity contribution in [3.05, 3.63) is 34.9 Å². The topological polar surface area (TPSA) is 75.9 Å². The predicted molar refractivity (Wildman–Crippen MR) is 99.5 cm³/mol. The fourth-order valence-electron chi connectivity index (χ4n) is 3.94. The Kier molecular flexibility index (Phi) is 5.63. The van der Waals surface area contributed by atoms with Crippen LogP contribution >= 0.6 is 0 Å². The third kappa shape index (κ3) is 4.43. The maximum absolute atomic E-state index is 12.9. The minimum absolute atomic E-state index is 0.159. The summed E-state index contributed by atoms with van der Waals surface area (Å²) in [6.45, 7) is 7.75. The van der Waals surface area contributed by atoms with E-state index in [1.807, 2.05) is 9.80 Å². The van der Waals surface area contributed by atoms with E-state index >= 15 is 0 Å². The number of carbonyl (C=O) groups is 2. The summed E-state index contributed by atoms with van der Waals surface area (Å²) < 4.78 is 6.17. The van der Waals surface area contributed by atoms with E-state index in [9.17, 15) is 9.59 Å². The quantitative estimate of drug-likeness (QED) is 0.881. The Hall–Kier alpha value is -1.92. The van der Waals surface area contributed by atoms with E-state index in [1.54, 1.807) is 0 Å². The summed E-state index contributed by atoms with van der Waals surface area (Å²) in [7, 11) is 0. The number of piperidine rings is 1. The van der Waals surface area contributed by atoms with Crippen molar-refractivity contribution < 1.29 is 14.3 Å². The molecule has 0 atom stereocenters. The minimum atomic E-state index is -0.387. The molecule has 0 bridgehead atoms. The van der Waals surface area contributed by atoms with Gasteiger partial charge in [-0.05, 0) is 37.8 Å². The smallest absolute Gasteiger partial charge is 0.231 e. The molecule has 2 fully saturated rings. The predicted octanol–water partition coefficient (Wildman–Crippen LogP) is 1.37. The summed E-state index contributed by atoms with van der Waals surface area (Å²) in [5.41, 5.74) is 8.52. The third-order valence-corrected chi connectivity index (χ3v) is 5.61. The van der Waals surface area contributed by atoms with Gasteiger partial charge in [-0.1, -0.05) is 23.8 Å². The highest BCUT2D eigenvalue weighted by Gasteiger charge is 2.40. The Morgan fingerprint density at radius 1 is 1.23 bits per heavy atom. The fourth-order valence-corrected chi connectivity index (χ4v) is 3.94. The number of ether oxygens (including phenoxy) is 1. The van der Waals surface area contributed by atoms with E-state index < -0.39 is 0 Å². The second-order valence-electron chi connectivity index (χ2n) is 7.70. The number of hydrogen-bond donors (Lipinski definition) is 1. The van der Waals surface area contributed by atoms with Crippen molar-refractivity contribution in [3.63, 3.8) is 0 Å². The average molecular weight is 359 g/mol. The van der Waals surface area contributed by atoms with Gasteiger partial charge in [-0.15, -0.1) is 0 Å². The lowest BCUT2D eigenvalue weighted by molar-refractivity contribution is -0.136. The molecule has 1 aromatic carbocycles. The van der Waals surface area contributed by atoms with Crippen LogP contribution in [0.3, 0.4) is 0 Å². The van der Waals surface area contributed by atoms with E-state index in [0.29, 0.717) is 26.1 Å². The summed E-state index contributed by atoms with van der Waals surface area (Å²) in [4.78, 5) is 28.0. The summed E-state index contributed by atoms with van der Waals surface area (Å²) in [6, 6.07) is 6.37. The van der Waals surface area contributed by atoms with Crippen LogP contribution in [0.25, 0.3) is 0 Å². The number of amides is 2. The zero-order valence-corrected chi connectivity index (χ0v) is 15.8. The van der Waals surface area contributed by atoms with Crippen molar-refractivity contribution in [2.75, 3.05) is 32.8 Å². The molecule has 2 N–H and O–H groups in total. The molecule has 2 amide bonds. The van der Waals surface area contributed by atoms with Crippen LogP contribution in [0.1, 0.15) is 36.0 Å². The molecule has 142 valence electrons. The first kappa shape index (κ1) is 18.9. The number of nitrogens with two attached hydrogens (primary N) is 1. The normalized spacial score (nSPS) is 21.0. The molecule has 2 aliphatic rings. The standard InChI is InChI=1S/C20H29N3O3/c1-15-3-4-16(2)17(11-15)13-23-9-10-26-20(12-19(23)25)5-7-22(8-6-20)14-18(21)24/h3-4,11H,5-10,12-14H2,1-2H3,(H2,21,24). The summed E-state index contributed by atoms with van der Waals surface area (Å²) in [6.07, 6.45) is 1.95. The second-order valence-corrected chi connectivity index (χ2v) is 7.70. The molecule has 0 saturated carbocycles. The van der Waals surface area contributed by atoms with Crippen molar-refractivity contribution in [2.45, 2.75) is 45.3 Å². The van der Waals surface area contributed by atoms with Gasteiger partial charge in [0.05, 0.1) is 25.2 Å². The molecule has 26 heavy (non-hydrogen) atoms. The van der Waals surface area contributed by atoms with Gasteiger partial charge in [0.2, 0.25) is 11.8 Å². The molecule has 6 heteroatoms. The molecule has 0 aliphatic carbocycles. The lowest BCUT2D eigenvalue weighted by Gasteiger charge is -2.40. The maximum atomic E-state index is 12.9. The van der Waals surface area contributed by atoms with Crippen LogP contribution < -0.4 is 5.73 Å². The van der Waals surface area contributed by atoms with Crippen molar-refractivity contribution in [2.24, 2.45) is 5.73 Å². The monoisotopic (exact) mass is 359 g/mol. The van der Waals surface area contributed by atoms with Gasteiger partial charge in [-0.3, -0.25) is 14.5 Å². The van der Waals surface area contributed by atoms with E-state index in [4.69, 9.17) is 10.5 Å². The highest BCUT2D eigenvalue weighted by molar-refractivity contribution is 5.78. The van der Waals surface area contributed by atoms with E-state index in [2.05, 4.69) is 32.0 Å². The number of nitrogens with zero attached hydrogens (tertiary/aromatic N) is 2. The molecule has 2 saturated heterocycles. The van der Waals surface area contributed by atoms with Crippen molar-refractivity contribution in [3.8, 4) is 0 Å². The first-order valence-electron chi connectivity index (χ1n) is 9.35. The van der Waals surface area contributed by atoms with Crippen molar-refractivity contribution in [1.29, 1.82) is 0 Å². The minimum Gasteiger partial charge on any atom is -0.373 e. The van der Waals surface area contributed by atoms with Crippen LogP contribution in [0.2, 0.25) is 0 Å². The molecule has 0 aromatic heterocycles. The maximum Gasteiger partial charge on any atom is 0.231 e. The van der Waals surface area contributed by atoms with Gasteiger partial charge in [-0.2, -0.15) is 0 Å². The molecule has 0 radical (unpaired) electrons. The Labute approximate surface area is 155 Å². The van der Waals surface area contributed by atoms with Gasteiger partial charge >= 0.3 is 0 Å². The van der Waals surface area contributed by atoms with Gasteiger partial charge in [0, 0.05) is 26.2 Å². The second kappa shape index (κ2) is 7.76. The van der Waals surface area contributed by atoms with Gasteiger partial charge < -0.3 is 15.4 Å². The zero-order valence-electron chi connectivity index (χ0n) is 15.8. The number of rotatable bonds is 4. The molecule has 1 aromatic rings. The number of carbonyl (C=O) groups excluding carboxylic acids is 2.